The van der Waals surface area contributed by atoms with Gasteiger partial charge in [0.1, 0.15) is 0 Å². The first-order valence-electron chi connectivity index (χ1n) is 9.96. The Morgan fingerprint density at radius 3 is 2.48 bits per heavy atom. The molecular formula is C25H17BrClNO5. The van der Waals surface area contributed by atoms with Gasteiger partial charge in [0, 0.05) is 15.1 Å². The van der Waals surface area contributed by atoms with Crippen molar-refractivity contribution in [3.05, 3.63) is 98.6 Å². The Kier molecular flexibility index (Phi) is 6.91. The summed E-state index contributed by atoms with van der Waals surface area (Å²) in [4.78, 5) is 29.1. The number of ether oxygens (including phenoxy) is 3. The van der Waals surface area contributed by atoms with Crippen molar-refractivity contribution in [2.24, 2.45) is 4.99 Å². The van der Waals surface area contributed by atoms with E-state index in [0.29, 0.717) is 34.1 Å². The maximum absolute atomic E-state index is 12.5. The topological polar surface area (TPSA) is 74.2 Å². The third kappa shape index (κ3) is 5.50. The molecule has 0 aromatic heterocycles. The third-order valence-electron chi connectivity index (χ3n) is 4.57. The van der Waals surface area contributed by atoms with Crippen LogP contribution in [-0.4, -0.2) is 24.4 Å². The number of rotatable bonds is 6. The van der Waals surface area contributed by atoms with Crippen LogP contribution < -0.4 is 9.47 Å². The van der Waals surface area contributed by atoms with Crippen molar-refractivity contribution in [1.82, 2.24) is 0 Å². The largest absolute Gasteiger partial charge is 0.490 e. The van der Waals surface area contributed by atoms with Gasteiger partial charge in [0.15, 0.2) is 17.2 Å². The van der Waals surface area contributed by atoms with Gasteiger partial charge in [-0.15, -0.1) is 0 Å². The van der Waals surface area contributed by atoms with Gasteiger partial charge in [-0.2, -0.15) is 0 Å². The van der Waals surface area contributed by atoms with Gasteiger partial charge in [-0.25, -0.2) is 14.6 Å². The molecule has 0 spiro atoms. The average Bonchev–Trinajstić information content (AvgIpc) is 3.16. The number of hydrogen-bond donors (Lipinski definition) is 0. The van der Waals surface area contributed by atoms with Gasteiger partial charge in [0.25, 0.3) is 0 Å². The minimum absolute atomic E-state index is 0.141. The van der Waals surface area contributed by atoms with Gasteiger partial charge in [-0.05, 0) is 79.2 Å². The number of carbonyl (C=O) groups is 2. The molecule has 1 heterocycles. The van der Waals surface area contributed by atoms with E-state index in [1.807, 2.05) is 6.92 Å². The van der Waals surface area contributed by atoms with Crippen molar-refractivity contribution >= 4 is 51.4 Å². The predicted octanol–water partition coefficient (Wildman–Crippen LogP) is 6.06. The van der Waals surface area contributed by atoms with Gasteiger partial charge in [-0.3, -0.25) is 0 Å². The lowest BCUT2D eigenvalue weighted by atomic mass is 10.1. The first kappa shape index (κ1) is 22.8. The normalized spacial score (nSPS) is 14.1. The van der Waals surface area contributed by atoms with E-state index in [1.54, 1.807) is 72.8 Å². The molecule has 3 aromatic carbocycles. The first-order valence-corrected chi connectivity index (χ1v) is 11.1. The summed E-state index contributed by atoms with van der Waals surface area (Å²) in [6.07, 6.45) is 1.58. The Labute approximate surface area is 203 Å². The minimum atomic E-state index is -0.566. The smallest absolute Gasteiger partial charge is 0.363 e. The Hall–Kier alpha value is -3.42. The minimum Gasteiger partial charge on any atom is -0.490 e. The lowest BCUT2D eigenvalue weighted by molar-refractivity contribution is -0.129. The van der Waals surface area contributed by atoms with Crippen molar-refractivity contribution in [1.29, 1.82) is 0 Å². The summed E-state index contributed by atoms with van der Waals surface area (Å²) in [5.74, 6) is -0.236. The van der Waals surface area contributed by atoms with Crippen molar-refractivity contribution in [2.75, 3.05) is 6.61 Å². The van der Waals surface area contributed by atoms with Crippen LogP contribution in [0.3, 0.4) is 0 Å². The van der Waals surface area contributed by atoms with E-state index in [1.165, 1.54) is 0 Å². The lowest BCUT2D eigenvalue weighted by Gasteiger charge is -2.11. The summed E-state index contributed by atoms with van der Waals surface area (Å²) in [6, 6.07) is 18.6. The predicted molar refractivity (Wildman–Crippen MR) is 129 cm³/mol. The van der Waals surface area contributed by atoms with E-state index in [9.17, 15) is 9.59 Å². The molecule has 166 valence electrons. The highest BCUT2D eigenvalue weighted by Crippen LogP contribution is 2.31. The SMILES string of the molecule is CCOc1cc(/C=C2/N=C(c3ccc(Cl)cc3)OC2=O)ccc1OC(=O)c1ccc(Br)cc1. The zero-order chi connectivity index (χ0) is 23.4. The van der Waals surface area contributed by atoms with Gasteiger partial charge < -0.3 is 14.2 Å². The zero-order valence-electron chi connectivity index (χ0n) is 17.4. The molecule has 0 bridgehead atoms. The Morgan fingerprint density at radius 2 is 1.79 bits per heavy atom. The Bertz CT molecular complexity index is 1270. The first-order chi connectivity index (χ1) is 15.9. The maximum Gasteiger partial charge on any atom is 0.363 e. The number of halogens is 2. The van der Waals surface area contributed by atoms with E-state index in [4.69, 9.17) is 25.8 Å². The summed E-state index contributed by atoms with van der Waals surface area (Å²) >= 11 is 9.24. The van der Waals surface area contributed by atoms with Crippen LogP contribution in [0, 0.1) is 0 Å². The van der Waals surface area contributed by atoms with Crippen LogP contribution in [0.15, 0.2) is 81.9 Å². The molecule has 6 nitrogen and oxygen atoms in total. The molecule has 0 aliphatic carbocycles. The quantitative estimate of drug-likeness (QED) is 0.222. The molecule has 1 aliphatic rings. The maximum atomic E-state index is 12.5. The highest BCUT2D eigenvalue weighted by atomic mass is 79.9. The number of nitrogens with zero attached hydrogens (tertiary/aromatic N) is 1. The molecule has 0 unspecified atom stereocenters. The van der Waals surface area contributed by atoms with Crippen LogP contribution >= 0.6 is 27.5 Å². The zero-order valence-corrected chi connectivity index (χ0v) is 19.7. The number of aliphatic imine (C=N–C) groups is 1. The Balaban J connectivity index is 1.58. The van der Waals surface area contributed by atoms with Crippen molar-refractivity contribution in [3.63, 3.8) is 0 Å². The fourth-order valence-electron chi connectivity index (χ4n) is 2.99. The summed E-state index contributed by atoms with van der Waals surface area (Å²) < 4.78 is 17.3. The van der Waals surface area contributed by atoms with E-state index in [2.05, 4.69) is 20.9 Å². The molecule has 8 heteroatoms. The number of carbonyl (C=O) groups excluding carboxylic acids is 2. The molecule has 1 aliphatic heterocycles. The van der Waals surface area contributed by atoms with E-state index in [-0.39, 0.29) is 17.3 Å². The van der Waals surface area contributed by atoms with E-state index < -0.39 is 11.9 Å². The van der Waals surface area contributed by atoms with Crippen molar-refractivity contribution in [2.45, 2.75) is 6.92 Å². The lowest BCUT2D eigenvalue weighted by Crippen LogP contribution is -2.09. The summed E-state index contributed by atoms with van der Waals surface area (Å²) in [6.45, 7) is 2.19. The number of benzene rings is 3. The number of cyclic esters (lactones) is 1. The average molecular weight is 527 g/mol. The highest BCUT2D eigenvalue weighted by Gasteiger charge is 2.24. The van der Waals surface area contributed by atoms with Crippen LogP contribution in [0.2, 0.25) is 5.02 Å². The molecule has 0 amide bonds. The summed E-state index contributed by atoms with van der Waals surface area (Å²) in [7, 11) is 0. The van der Waals surface area contributed by atoms with Crippen LogP contribution in [0.25, 0.3) is 6.08 Å². The molecular weight excluding hydrogens is 510 g/mol. The standard InChI is InChI=1S/C25H17BrClNO5/c1-2-31-22-14-15(3-12-21(22)32-24(29)17-4-8-18(26)9-5-17)13-20-25(30)33-23(28-20)16-6-10-19(27)11-7-16/h3-14H,2H2,1H3/b20-13+. The van der Waals surface area contributed by atoms with E-state index in [0.717, 1.165) is 4.47 Å². The summed E-state index contributed by atoms with van der Waals surface area (Å²) in [5, 5.41) is 0.573. The number of hydrogen-bond acceptors (Lipinski definition) is 6. The number of esters is 2. The molecule has 0 radical (unpaired) electrons. The van der Waals surface area contributed by atoms with Gasteiger partial charge in [0.2, 0.25) is 5.90 Å². The molecule has 4 rings (SSSR count). The molecule has 0 N–H and O–H groups in total. The van der Waals surface area contributed by atoms with Crippen LogP contribution in [0.5, 0.6) is 11.5 Å². The Morgan fingerprint density at radius 1 is 1.06 bits per heavy atom. The van der Waals surface area contributed by atoms with Gasteiger partial charge in [-0.1, -0.05) is 33.6 Å². The van der Waals surface area contributed by atoms with E-state index >= 15 is 0 Å². The molecule has 0 atom stereocenters. The van der Waals surface area contributed by atoms with Crippen LogP contribution in [-0.2, 0) is 9.53 Å². The molecule has 0 fully saturated rings. The monoisotopic (exact) mass is 525 g/mol. The molecule has 0 saturated carbocycles. The molecule has 3 aromatic rings. The van der Waals surface area contributed by atoms with Crippen molar-refractivity contribution in [3.8, 4) is 11.5 Å². The van der Waals surface area contributed by atoms with Gasteiger partial charge in [0.05, 0.1) is 12.2 Å². The van der Waals surface area contributed by atoms with Crippen LogP contribution in [0.1, 0.15) is 28.4 Å². The second kappa shape index (κ2) is 10.0. The second-order valence-corrected chi connectivity index (χ2v) is 8.23. The molecule has 33 heavy (non-hydrogen) atoms. The third-order valence-corrected chi connectivity index (χ3v) is 5.35. The van der Waals surface area contributed by atoms with Crippen LogP contribution in [0.4, 0.5) is 0 Å². The fraction of sp³-hybridized carbons (Fsp3) is 0.0800. The molecule has 0 saturated heterocycles. The van der Waals surface area contributed by atoms with Crippen molar-refractivity contribution < 1.29 is 23.8 Å². The second-order valence-electron chi connectivity index (χ2n) is 6.88. The fourth-order valence-corrected chi connectivity index (χ4v) is 3.39. The highest BCUT2D eigenvalue weighted by molar-refractivity contribution is 9.10. The summed E-state index contributed by atoms with van der Waals surface area (Å²) in [5.41, 5.74) is 1.82. The van der Waals surface area contributed by atoms with Gasteiger partial charge >= 0.3 is 11.9 Å².